The number of aliphatic hydroxyl groups excluding tert-OH is 1. The van der Waals surface area contributed by atoms with E-state index in [4.69, 9.17) is 4.74 Å². The highest BCUT2D eigenvalue weighted by Gasteiger charge is 2.28. The van der Waals surface area contributed by atoms with Crippen molar-refractivity contribution < 1.29 is 14.6 Å². The molecule has 3 N–H and O–H groups in total. The van der Waals surface area contributed by atoms with E-state index in [1.807, 2.05) is 55.5 Å². The summed E-state index contributed by atoms with van der Waals surface area (Å²) in [7, 11) is 0. The lowest BCUT2D eigenvalue weighted by Crippen LogP contribution is -2.34. The second kappa shape index (κ2) is 8.03. The number of hydrogen-bond donors (Lipinski definition) is 3. The Hall–Kier alpha value is -2.53. The molecular weight excluding hydrogens is 316 g/mol. The smallest absolute Gasteiger partial charge is 0.247 e. The first-order chi connectivity index (χ1) is 12.2. The number of hydrogen-bond acceptors (Lipinski definition) is 4. The minimum absolute atomic E-state index is 0.0341. The van der Waals surface area contributed by atoms with Gasteiger partial charge >= 0.3 is 0 Å². The van der Waals surface area contributed by atoms with Crippen LogP contribution in [0.25, 0.3) is 0 Å². The molecule has 5 heteroatoms. The molecule has 1 amide bonds. The van der Waals surface area contributed by atoms with Crippen molar-refractivity contribution in [3.63, 3.8) is 0 Å². The highest BCUT2D eigenvalue weighted by molar-refractivity contribution is 5.86. The minimum atomic E-state index is -0.480. The minimum Gasteiger partial charge on any atom is -0.494 e. The van der Waals surface area contributed by atoms with Gasteiger partial charge in [-0.2, -0.15) is 0 Å². The van der Waals surface area contributed by atoms with E-state index in [-0.39, 0.29) is 12.5 Å². The summed E-state index contributed by atoms with van der Waals surface area (Å²) >= 11 is 0. The molecule has 132 valence electrons. The van der Waals surface area contributed by atoms with Gasteiger partial charge in [-0.3, -0.25) is 4.79 Å². The fourth-order valence-corrected chi connectivity index (χ4v) is 2.71. The summed E-state index contributed by atoms with van der Waals surface area (Å²) in [5, 5.41) is 15.9. The van der Waals surface area contributed by atoms with Crippen LogP contribution in [0.3, 0.4) is 0 Å². The van der Waals surface area contributed by atoms with Crippen molar-refractivity contribution in [2.24, 2.45) is 0 Å². The van der Waals surface area contributed by atoms with Gasteiger partial charge in [0.2, 0.25) is 5.91 Å². The monoisotopic (exact) mass is 340 g/mol. The molecule has 0 heterocycles. The van der Waals surface area contributed by atoms with Crippen LogP contribution >= 0.6 is 0 Å². The average molecular weight is 340 g/mol. The zero-order valence-electron chi connectivity index (χ0n) is 14.4. The van der Waals surface area contributed by atoms with Crippen molar-refractivity contribution in [2.75, 3.05) is 11.9 Å². The molecule has 1 unspecified atom stereocenters. The normalized spacial score (nSPS) is 14.6. The summed E-state index contributed by atoms with van der Waals surface area (Å²) in [4.78, 5) is 12.7. The Bertz CT molecular complexity index is 714. The molecule has 0 bridgehead atoms. The van der Waals surface area contributed by atoms with Crippen LogP contribution in [0.5, 0.6) is 5.75 Å². The van der Waals surface area contributed by atoms with Crippen molar-refractivity contribution >= 4 is 11.6 Å². The number of amides is 1. The van der Waals surface area contributed by atoms with Gasteiger partial charge in [0, 0.05) is 17.3 Å². The van der Waals surface area contributed by atoms with Gasteiger partial charge in [-0.25, -0.2) is 0 Å². The fourth-order valence-electron chi connectivity index (χ4n) is 2.71. The molecule has 1 atom stereocenters. The van der Waals surface area contributed by atoms with Crippen LogP contribution in [0.4, 0.5) is 5.69 Å². The van der Waals surface area contributed by atoms with Gasteiger partial charge in [-0.05, 0) is 43.5 Å². The van der Waals surface area contributed by atoms with Crippen molar-refractivity contribution in [3.8, 4) is 5.75 Å². The third-order valence-electron chi connectivity index (χ3n) is 4.16. The third kappa shape index (κ3) is 4.51. The zero-order chi connectivity index (χ0) is 17.6. The van der Waals surface area contributed by atoms with Gasteiger partial charge in [0.25, 0.3) is 0 Å². The molecule has 0 radical (unpaired) electrons. The Morgan fingerprint density at radius 1 is 1.24 bits per heavy atom. The Labute approximate surface area is 148 Å². The van der Waals surface area contributed by atoms with E-state index >= 15 is 0 Å². The molecule has 0 aliphatic heterocycles. The van der Waals surface area contributed by atoms with Crippen LogP contribution in [0.2, 0.25) is 0 Å². The maximum absolute atomic E-state index is 12.7. The van der Waals surface area contributed by atoms with Crippen LogP contribution in [-0.2, 0) is 11.4 Å². The van der Waals surface area contributed by atoms with Crippen LogP contribution in [-0.4, -0.2) is 23.7 Å². The molecule has 1 aliphatic rings. The van der Waals surface area contributed by atoms with E-state index in [1.54, 1.807) is 0 Å². The van der Waals surface area contributed by atoms with E-state index in [0.29, 0.717) is 24.0 Å². The first-order valence-corrected chi connectivity index (χ1v) is 8.69. The molecular formula is C20H24N2O3. The van der Waals surface area contributed by atoms with E-state index in [1.165, 1.54) is 0 Å². The predicted molar refractivity (Wildman–Crippen MR) is 97.5 cm³/mol. The van der Waals surface area contributed by atoms with Crippen molar-refractivity contribution in [1.29, 1.82) is 0 Å². The Morgan fingerprint density at radius 3 is 2.64 bits per heavy atom. The van der Waals surface area contributed by atoms with Crippen molar-refractivity contribution in [1.82, 2.24) is 5.32 Å². The topological polar surface area (TPSA) is 70.6 Å². The van der Waals surface area contributed by atoms with Crippen molar-refractivity contribution in [3.05, 3.63) is 59.7 Å². The standard InChI is InChI=1S/C20H24N2O3/c1-2-25-18-11-10-17(12-15(18)13-23)21-19(14-6-4-3-5-7-14)20(24)22-16-8-9-16/h3-7,10-12,16,19,21,23H,2,8-9,13H2,1H3,(H,22,24). The van der Waals surface area contributed by atoms with Crippen molar-refractivity contribution in [2.45, 2.75) is 38.5 Å². The van der Waals surface area contributed by atoms with Crippen LogP contribution in [0, 0.1) is 0 Å². The van der Waals surface area contributed by atoms with Gasteiger partial charge in [-0.15, -0.1) is 0 Å². The first kappa shape index (κ1) is 17.3. The molecule has 5 nitrogen and oxygen atoms in total. The second-order valence-corrected chi connectivity index (χ2v) is 6.18. The third-order valence-corrected chi connectivity index (χ3v) is 4.16. The first-order valence-electron chi connectivity index (χ1n) is 8.69. The molecule has 1 saturated carbocycles. The highest BCUT2D eigenvalue weighted by atomic mass is 16.5. The second-order valence-electron chi connectivity index (χ2n) is 6.18. The summed E-state index contributed by atoms with van der Waals surface area (Å²) < 4.78 is 5.51. The zero-order valence-corrected chi connectivity index (χ0v) is 14.4. The molecule has 3 rings (SSSR count). The summed E-state index contributed by atoms with van der Waals surface area (Å²) in [6, 6.07) is 15.0. The van der Waals surface area contributed by atoms with Gasteiger partial charge in [0.05, 0.1) is 13.2 Å². The lowest BCUT2D eigenvalue weighted by Gasteiger charge is -2.21. The van der Waals surface area contributed by atoms with Gasteiger partial charge in [0.15, 0.2) is 0 Å². The fraction of sp³-hybridized carbons (Fsp3) is 0.350. The number of ether oxygens (including phenoxy) is 1. The molecule has 2 aromatic carbocycles. The largest absolute Gasteiger partial charge is 0.494 e. The Morgan fingerprint density at radius 2 is 2.00 bits per heavy atom. The highest BCUT2D eigenvalue weighted by Crippen LogP contribution is 2.27. The molecule has 0 spiro atoms. The predicted octanol–water partition coefficient (Wildman–Crippen LogP) is 3.01. The molecule has 0 aromatic heterocycles. The average Bonchev–Trinajstić information content (AvgIpc) is 3.45. The van der Waals surface area contributed by atoms with Gasteiger partial charge in [0.1, 0.15) is 11.8 Å². The Balaban J connectivity index is 1.83. The number of carbonyl (C=O) groups is 1. The van der Waals surface area contributed by atoms with E-state index < -0.39 is 6.04 Å². The number of rotatable bonds is 8. The number of aliphatic hydroxyl groups is 1. The van der Waals surface area contributed by atoms with Crippen LogP contribution in [0.1, 0.15) is 36.9 Å². The summed E-state index contributed by atoms with van der Waals surface area (Å²) in [5.41, 5.74) is 2.37. The molecule has 25 heavy (non-hydrogen) atoms. The molecule has 0 saturated heterocycles. The number of nitrogens with one attached hydrogen (secondary N) is 2. The van der Waals surface area contributed by atoms with Gasteiger partial charge < -0.3 is 20.5 Å². The quantitative estimate of drug-likeness (QED) is 0.691. The van der Waals surface area contributed by atoms with E-state index in [0.717, 1.165) is 24.1 Å². The lowest BCUT2D eigenvalue weighted by molar-refractivity contribution is -0.122. The summed E-state index contributed by atoms with van der Waals surface area (Å²) in [6.45, 7) is 2.33. The number of benzene rings is 2. The summed E-state index contributed by atoms with van der Waals surface area (Å²) in [5.74, 6) is 0.627. The molecule has 2 aromatic rings. The number of anilines is 1. The molecule has 1 aliphatic carbocycles. The van der Waals surface area contributed by atoms with E-state index in [9.17, 15) is 9.90 Å². The summed E-state index contributed by atoms with van der Waals surface area (Å²) in [6.07, 6.45) is 2.09. The maximum Gasteiger partial charge on any atom is 0.247 e. The number of carbonyl (C=O) groups excluding carboxylic acids is 1. The lowest BCUT2D eigenvalue weighted by atomic mass is 10.0. The van der Waals surface area contributed by atoms with Gasteiger partial charge in [-0.1, -0.05) is 30.3 Å². The van der Waals surface area contributed by atoms with Crippen LogP contribution < -0.4 is 15.4 Å². The SMILES string of the molecule is CCOc1ccc(NC(C(=O)NC2CC2)c2ccccc2)cc1CO. The van der Waals surface area contributed by atoms with E-state index in [2.05, 4.69) is 10.6 Å². The Kier molecular flexibility index (Phi) is 5.56. The maximum atomic E-state index is 12.7. The van der Waals surface area contributed by atoms with Crippen LogP contribution in [0.15, 0.2) is 48.5 Å². The molecule has 1 fully saturated rings.